The summed E-state index contributed by atoms with van der Waals surface area (Å²) in [6.45, 7) is 10.3. The van der Waals surface area contributed by atoms with Crippen LogP contribution in [-0.4, -0.2) is 73.0 Å². The lowest BCUT2D eigenvalue weighted by Gasteiger charge is -2.41. The number of hydrogen-bond acceptors (Lipinski definition) is 5. The Kier molecular flexibility index (Phi) is 6.06. The van der Waals surface area contributed by atoms with Crippen molar-refractivity contribution in [3.05, 3.63) is 0 Å². The van der Waals surface area contributed by atoms with Crippen LogP contribution in [0, 0.1) is 0 Å². The summed E-state index contributed by atoms with van der Waals surface area (Å²) in [5.74, 6) is 0. The minimum absolute atomic E-state index is 0.211. The van der Waals surface area contributed by atoms with Crippen molar-refractivity contribution in [1.29, 1.82) is 0 Å². The lowest BCUT2D eigenvalue weighted by atomic mass is 10.1. The highest BCUT2D eigenvalue weighted by atomic mass is 16.6. The van der Waals surface area contributed by atoms with Gasteiger partial charge in [0, 0.05) is 45.4 Å². The first-order valence-corrected chi connectivity index (χ1v) is 8.42. The molecule has 2 saturated heterocycles. The topological polar surface area (TPSA) is 68.0 Å². The first-order chi connectivity index (χ1) is 10.4. The van der Waals surface area contributed by atoms with Crippen LogP contribution in [0.5, 0.6) is 0 Å². The second-order valence-electron chi connectivity index (χ2n) is 7.28. The maximum absolute atomic E-state index is 12.2. The molecule has 1 amide bonds. The molecule has 2 N–H and O–H groups in total. The molecule has 2 rings (SSSR count). The molecule has 2 aliphatic rings. The summed E-state index contributed by atoms with van der Waals surface area (Å²) >= 11 is 0. The molecule has 6 heteroatoms. The van der Waals surface area contributed by atoms with Gasteiger partial charge in [-0.1, -0.05) is 0 Å². The van der Waals surface area contributed by atoms with E-state index in [2.05, 4.69) is 4.90 Å². The van der Waals surface area contributed by atoms with Crippen molar-refractivity contribution in [2.45, 2.75) is 57.8 Å². The molecule has 2 fully saturated rings. The predicted molar refractivity (Wildman–Crippen MR) is 85.8 cm³/mol. The van der Waals surface area contributed by atoms with Crippen LogP contribution in [0.25, 0.3) is 0 Å². The van der Waals surface area contributed by atoms with Crippen molar-refractivity contribution in [3.8, 4) is 0 Å². The molecule has 2 unspecified atom stereocenters. The maximum Gasteiger partial charge on any atom is 0.410 e. The SMILES string of the molecule is CC(C)(C)OC(=O)N1CCN(CCC2CCCO2)C(CN)C1. The van der Waals surface area contributed by atoms with Crippen LogP contribution in [0.2, 0.25) is 0 Å². The average Bonchev–Trinajstić information content (AvgIpc) is 2.96. The number of ether oxygens (including phenoxy) is 2. The molecule has 2 heterocycles. The zero-order chi connectivity index (χ0) is 16.2. The third-order valence-corrected chi connectivity index (χ3v) is 4.29. The molecule has 0 radical (unpaired) electrons. The van der Waals surface area contributed by atoms with Gasteiger partial charge in [0.15, 0.2) is 0 Å². The molecule has 0 aromatic rings. The number of rotatable bonds is 4. The number of amides is 1. The van der Waals surface area contributed by atoms with Crippen molar-refractivity contribution >= 4 is 6.09 Å². The van der Waals surface area contributed by atoms with Gasteiger partial charge in [0.25, 0.3) is 0 Å². The highest BCUT2D eigenvalue weighted by molar-refractivity contribution is 5.68. The summed E-state index contributed by atoms with van der Waals surface area (Å²) in [5.41, 5.74) is 5.46. The lowest BCUT2D eigenvalue weighted by Crippen LogP contribution is -2.58. The summed E-state index contributed by atoms with van der Waals surface area (Å²) < 4.78 is 11.1. The Morgan fingerprint density at radius 3 is 2.73 bits per heavy atom. The van der Waals surface area contributed by atoms with Gasteiger partial charge in [0.05, 0.1) is 6.10 Å². The van der Waals surface area contributed by atoms with E-state index in [1.165, 1.54) is 12.8 Å². The molecule has 22 heavy (non-hydrogen) atoms. The van der Waals surface area contributed by atoms with Gasteiger partial charge in [-0.25, -0.2) is 4.79 Å². The molecule has 6 nitrogen and oxygen atoms in total. The first kappa shape index (κ1) is 17.5. The molecule has 0 spiro atoms. The van der Waals surface area contributed by atoms with Crippen LogP contribution < -0.4 is 5.73 Å². The number of nitrogens with zero attached hydrogens (tertiary/aromatic N) is 2. The van der Waals surface area contributed by atoms with Crippen molar-refractivity contribution in [2.24, 2.45) is 5.73 Å². The Bertz CT molecular complexity index is 364. The van der Waals surface area contributed by atoms with Crippen LogP contribution in [0.3, 0.4) is 0 Å². The Balaban J connectivity index is 1.81. The summed E-state index contributed by atoms with van der Waals surface area (Å²) in [7, 11) is 0. The Hall–Kier alpha value is -0.850. The molecule has 0 saturated carbocycles. The van der Waals surface area contributed by atoms with E-state index in [1.807, 2.05) is 20.8 Å². The fourth-order valence-corrected chi connectivity index (χ4v) is 3.08. The van der Waals surface area contributed by atoms with Gasteiger partial charge >= 0.3 is 6.09 Å². The fourth-order valence-electron chi connectivity index (χ4n) is 3.08. The van der Waals surface area contributed by atoms with Gasteiger partial charge in [-0.2, -0.15) is 0 Å². The van der Waals surface area contributed by atoms with E-state index in [-0.39, 0.29) is 12.1 Å². The quantitative estimate of drug-likeness (QED) is 0.850. The number of carbonyl (C=O) groups excluding carboxylic acids is 1. The van der Waals surface area contributed by atoms with E-state index in [0.717, 1.165) is 26.1 Å². The molecule has 0 bridgehead atoms. The molecule has 128 valence electrons. The number of piperazine rings is 1. The summed E-state index contributed by atoms with van der Waals surface area (Å²) in [5, 5.41) is 0. The van der Waals surface area contributed by atoms with E-state index in [1.54, 1.807) is 4.90 Å². The van der Waals surface area contributed by atoms with Gasteiger partial charge < -0.3 is 20.1 Å². The zero-order valence-corrected chi connectivity index (χ0v) is 14.2. The van der Waals surface area contributed by atoms with Crippen molar-refractivity contribution in [2.75, 3.05) is 39.3 Å². The molecule has 2 aliphatic heterocycles. The van der Waals surface area contributed by atoms with Crippen molar-refractivity contribution < 1.29 is 14.3 Å². The van der Waals surface area contributed by atoms with E-state index >= 15 is 0 Å². The third-order valence-electron chi connectivity index (χ3n) is 4.29. The molecule has 0 aromatic carbocycles. The van der Waals surface area contributed by atoms with Gasteiger partial charge in [-0.3, -0.25) is 4.90 Å². The molecule has 0 aromatic heterocycles. The smallest absolute Gasteiger partial charge is 0.410 e. The van der Waals surface area contributed by atoms with Gasteiger partial charge in [-0.05, 0) is 40.0 Å². The summed E-state index contributed by atoms with van der Waals surface area (Å²) in [4.78, 5) is 16.3. The molecule has 0 aliphatic carbocycles. The molecular formula is C16H31N3O3. The highest BCUT2D eigenvalue weighted by Gasteiger charge is 2.31. The number of carbonyl (C=O) groups is 1. The Labute approximate surface area is 133 Å². The first-order valence-electron chi connectivity index (χ1n) is 8.42. The standard InChI is InChI=1S/C16H31N3O3/c1-16(2,3)22-15(20)19-9-8-18(13(11-17)12-19)7-6-14-5-4-10-21-14/h13-14H,4-12,17H2,1-3H3. The van der Waals surface area contributed by atoms with Crippen LogP contribution >= 0.6 is 0 Å². The van der Waals surface area contributed by atoms with E-state index in [0.29, 0.717) is 25.7 Å². The average molecular weight is 313 g/mol. The lowest BCUT2D eigenvalue weighted by molar-refractivity contribution is 0.00181. The van der Waals surface area contributed by atoms with E-state index in [9.17, 15) is 4.79 Å². The Morgan fingerprint density at radius 2 is 2.14 bits per heavy atom. The Morgan fingerprint density at radius 1 is 1.36 bits per heavy atom. The van der Waals surface area contributed by atoms with Crippen LogP contribution in [0.4, 0.5) is 4.79 Å². The normalized spacial score (nSPS) is 27.2. The fraction of sp³-hybridized carbons (Fsp3) is 0.938. The number of nitrogens with two attached hydrogens (primary N) is 1. The minimum atomic E-state index is -0.452. The molecular weight excluding hydrogens is 282 g/mol. The largest absolute Gasteiger partial charge is 0.444 e. The highest BCUT2D eigenvalue weighted by Crippen LogP contribution is 2.19. The van der Waals surface area contributed by atoms with Gasteiger partial charge in [0.2, 0.25) is 0 Å². The minimum Gasteiger partial charge on any atom is -0.444 e. The zero-order valence-electron chi connectivity index (χ0n) is 14.2. The van der Waals surface area contributed by atoms with Crippen LogP contribution in [0.1, 0.15) is 40.0 Å². The maximum atomic E-state index is 12.2. The van der Waals surface area contributed by atoms with Crippen molar-refractivity contribution in [3.63, 3.8) is 0 Å². The van der Waals surface area contributed by atoms with Crippen molar-refractivity contribution in [1.82, 2.24) is 9.80 Å². The molecule has 2 atom stereocenters. The number of hydrogen-bond donors (Lipinski definition) is 1. The second-order valence-corrected chi connectivity index (χ2v) is 7.28. The third kappa shape index (κ3) is 5.11. The summed E-state index contributed by atoms with van der Waals surface area (Å²) in [6.07, 6.45) is 3.58. The summed E-state index contributed by atoms with van der Waals surface area (Å²) in [6, 6.07) is 0.211. The second kappa shape index (κ2) is 7.62. The van der Waals surface area contributed by atoms with Crippen LogP contribution in [-0.2, 0) is 9.47 Å². The van der Waals surface area contributed by atoms with Gasteiger partial charge in [-0.15, -0.1) is 0 Å². The van der Waals surface area contributed by atoms with E-state index in [4.69, 9.17) is 15.2 Å². The predicted octanol–water partition coefficient (Wildman–Crippen LogP) is 1.44. The van der Waals surface area contributed by atoms with Crippen LogP contribution in [0.15, 0.2) is 0 Å². The van der Waals surface area contributed by atoms with E-state index < -0.39 is 5.60 Å². The monoisotopic (exact) mass is 313 g/mol. The van der Waals surface area contributed by atoms with Gasteiger partial charge in [0.1, 0.15) is 5.60 Å².